The largest absolute Gasteiger partial charge is 0.477 e. The molecular weight excluding hydrogens is 1130 g/mol. The smallest absolute Gasteiger partial charge is 0.361 e. The van der Waals surface area contributed by atoms with E-state index in [-0.39, 0.29) is 32.2 Å². The third-order valence-electron chi connectivity index (χ3n) is 15.9. The van der Waals surface area contributed by atoms with Crippen molar-refractivity contribution in [1.82, 2.24) is 0 Å². The topological polar surface area (TPSA) is 108 Å². The Balaban J connectivity index is 4.13. The van der Waals surface area contributed by atoms with Crippen LogP contribution in [0, 0.1) is 0 Å². The van der Waals surface area contributed by atoms with E-state index >= 15 is 0 Å². The van der Waals surface area contributed by atoms with E-state index < -0.39 is 24.3 Å². The first-order valence-electron chi connectivity index (χ1n) is 37.3. The molecule has 0 amide bonds. The van der Waals surface area contributed by atoms with Crippen LogP contribution in [0.3, 0.4) is 0 Å². The number of nitrogens with zero attached hydrogens (tertiary/aromatic N) is 1. The molecule has 2 atom stereocenters. The lowest BCUT2D eigenvalue weighted by atomic mass is 10.0. The van der Waals surface area contributed by atoms with Crippen molar-refractivity contribution >= 4 is 17.9 Å². The van der Waals surface area contributed by atoms with Gasteiger partial charge >= 0.3 is 17.9 Å². The number of carboxylic acids is 1. The number of quaternary nitrogens is 1. The van der Waals surface area contributed by atoms with E-state index in [0.717, 1.165) is 109 Å². The number of likely N-dealkylation sites (N-methyl/N-ethyl adjacent to an activating group) is 1. The van der Waals surface area contributed by atoms with E-state index in [1.807, 2.05) is 21.1 Å². The van der Waals surface area contributed by atoms with Gasteiger partial charge in [-0.2, -0.15) is 0 Å². The molecule has 9 heteroatoms. The molecule has 0 rings (SSSR count). The summed E-state index contributed by atoms with van der Waals surface area (Å²) in [5.41, 5.74) is 0. The number of carbonyl (C=O) groups excluding carboxylic acids is 2. The normalized spacial score (nSPS) is 13.5. The molecular formula is C82H140NO8+. The molecule has 0 radical (unpaired) electrons. The number of hydrogen-bond acceptors (Lipinski definition) is 7. The predicted octanol–water partition coefficient (Wildman–Crippen LogP) is 23.7. The number of rotatable bonds is 68. The summed E-state index contributed by atoms with van der Waals surface area (Å²) in [5, 5.41) is 9.76. The maximum atomic E-state index is 13.0. The van der Waals surface area contributed by atoms with E-state index in [2.05, 4.69) is 148 Å². The van der Waals surface area contributed by atoms with Crippen LogP contribution in [0.4, 0.5) is 0 Å². The molecule has 2 unspecified atom stereocenters. The molecule has 9 nitrogen and oxygen atoms in total. The molecule has 0 aliphatic heterocycles. The molecule has 520 valence electrons. The summed E-state index contributed by atoms with van der Waals surface area (Å²) in [6.07, 6.45) is 100.0. The van der Waals surface area contributed by atoms with Crippen LogP contribution in [-0.4, -0.2) is 87.4 Å². The lowest BCUT2D eigenvalue weighted by Crippen LogP contribution is -2.40. The highest BCUT2D eigenvalue weighted by molar-refractivity contribution is 5.71. The molecule has 0 heterocycles. The van der Waals surface area contributed by atoms with Gasteiger partial charge in [0.1, 0.15) is 13.2 Å². The summed E-state index contributed by atoms with van der Waals surface area (Å²) in [6, 6.07) is 0. The number of allylic oxidation sites excluding steroid dienone is 22. The van der Waals surface area contributed by atoms with Crippen molar-refractivity contribution in [3.8, 4) is 0 Å². The fourth-order valence-corrected chi connectivity index (χ4v) is 10.2. The molecule has 0 aromatic carbocycles. The van der Waals surface area contributed by atoms with Gasteiger partial charge in [0, 0.05) is 12.8 Å². The highest BCUT2D eigenvalue weighted by atomic mass is 16.7. The van der Waals surface area contributed by atoms with Crippen LogP contribution in [0.1, 0.15) is 309 Å². The summed E-state index contributed by atoms with van der Waals surface area (Å²) >= 11 is 0. The molecule has 91 heavy (non-hydrogen) atoms. The summed E-state index contributed by atoms with van der Waals surface area (Å²) in [4.78, 5) is 37.7. The first-order valence-corrected chi connectivity index (χ1v) is 37.3. The minimum atomic E-state index is -1.52. The number of ether oxygens (including phenoxy) is 4. The Kier molecular flexibility index (Phi) is 67.7. The SMILES string of the molecule is CC/C=C\C/C=C\C/C=C\C/C=C\C/C=C\C/C=C\C/C=C\C/C=C\C/C=C\CCCCCCCCCCCC(=O)OC(COC(=O)CCCCCCCCCCCCCCCCCCC/C=C\C/C=C\CCCCCCC)COC(OCC[N+](C)(C)C)C(=O)O. The Morgan fingerprint density at radius 1 is 0.341 bits per heavy atom. The summed E-state index contributed by atoms with van der Waals surface area (Å²) in [7, 11) is 5.98. The third-order valence-corrected chi connectivity index (χ3v) is 15.9. The zero-order valence-electron chi connectivity index (χ0n) is 59.5. The van der Waals surface area contributed by atoms with Gasteiger partial charge in [0.05, 0.1) is 34.4 Å². The molecule has 0 fully saturated rings. The number of carboxylic acid groups (broad SMARTS) is 1. The molecule has 0 spiro atoms. The van der Waals surface area contributed by atoms with E-state index in [9.17, 15) is 19.5 Å². The number of esters is 2. The Labute approximate surface area is 560 Å². The van der Waals surface area contributed by atoms with Gasteiger partial charge in [0.15, 0.2) is 6.10 Å². The second kappa shape index (κ2) is 71.3. The molecule has 0 bridgehead atoms. The average molecular weight is 1270 g/mol. The van der Waals surface area contributed by atoms with Crippen LogP contribution < -0.4 is 0 Å². The van der Waals surface area contributed by atoms with Crippen molar-refractivity contribution in [3.05, 3.63) is 134 Å². The fraction of sp³-hybridized carbons (Fsp3) is 0.695. The van der Waals surface area contributed by atoms with Gasteiger partial charge in [-0.25, -0.2) is 4.79 Å². The van der Waals surface area contributed by atoms with Gasteiger partial charge in [-0.3, -0.25) is 9.59 Å². The van der Waals surface area contributed by atoms with Gasteiger partial charge in [0.25, 0.3) is 6.29 Å². The van der Waals surface area contributed by atoms with Gasteiger partial charge in [0.2, 0.25) is 0 Å². The van der Waals surface area contributed by atoms with Crippen molar-refractivity contribution in [3.63, 3.8) is 0 Å². The zero-order valence-corrected chi connectivity index (χ0v) is 59.5. The van der Waals surface area contributed by atoms with Crippen LogP contribution >= 0.6 is 0 Å². The minimum Gasteiger partial charge on any atom is -0.477 e. The van der Waals surface area contributed by atoms with Crippen molar-refractivity contribution in [1.29, 1.82) is 0 Å². The van der Waals surface area contributed by atoms with Gasteiger partial charge < -0.3 is 28.5 Å². The van der Waals surface area contributed by atoms with E-state index in [1.54, 1.807) is 0 Å². The number of aliphatic carboxylic acids is 1. The fourth-order valence-electron chi connectivity index (χ4n) is 10.2. The second-order valence-corrected chi connectivity index (χ2v) is 25.9. The highest BCUT2D eigenvalue weighted by Crippen LogP contribution is 2.17. The average Bonchev–Trinajstić information content (AvgIpc) is 3.50. The lowest BCUT2D eigenvalue weighted by Gasteiger charge is -2.25. The quantitative estimate of drug-likeness (QED) is 0.0211. The summed E-state index contributed by atoms with van der Waals surface area (Å²) in [5.74, 6) is -2.01. The van der Waals surface area contributed by atoms with Gasteiger partial charge in [-0.15, -0.1) is 0 Å². The van der Waals surface area contributed by atoms with Crippen LogP contribution in [0.15, 0.2) is 134 Å². The van der Waals surface area contributed by atoms with Crippen LogP contribution in [0.5, 0.6) is 0 Å². The molecule has 0 aromatic rings. The van der Waals surface area contributed by atoms with Crippen LogP contribution in [0.25, 0.3) is 0 Å². The van der Waals surface area contributed by atoms with Crippen LogP contribution in [-0.2, 0) is 33.3 Å². The van der Waals surface area contributed by atoms with Crippen molar-refractivity contribution in [2.75, 3.05) is 47.5 Å². The highest BCUT2D eigenvalue weighted by Gasteiger charge is 2.25. The third kappa shape index (κ3) is 72.7. The van der Waals surface area contributed by atoms with E-state index in [0.29, 0.717) is 23.9 Å². The molecule has 0 saturated heterocycles. The Morgan fingerprint density at radius 2 is 0.626 bits per heavy atom. The number of hydrogen-bond donors (Lipinski definition) is 1. The monoisotopic (exact) mass is 1270 g/mol. The van der Waals surface area contributed by atoms with Gasteiger partial charge in [-0.05, 0) is 116 Å². The zero-order chi connectivity index (χ0) is 66.1. The second-order valence-electron chi connectivity index (χ2n) is 25.9. The Bertz CT molecular complexity index is 1960. The van der Waals surface area contributed by atoms with Crippen molar-refractivity contribution in [2.24, 2.45) is 0 Å². The van der Waals surface area contributed by atoms with E-state index in [1.165, 1.54) is 167 Å². The van der Waals surface area contributed by atoms with Gasteiger partial charge in [-0.1, -0.05) is 314 Å². The maximum absolute atomic E-state index is 13.0. The molecule has 0 aromatic heterocycles. The predicted molar refractivity (Wildman–Crippen MR) is 391 cm³/mol. The minimum absolute atomic E-state index is 0.181. The Morgan fingerprint density at radius 3 is 0.934 bits per heavy atom. The Hall–Kier alpha value is -4.57. The first kappa shape index (κ1) is 86.4. The summed E-state index contributed by atoms with van der Waals surface area (Å²) in [6.45, 7) is 4.76. The van der Waals surface area contributed by atoms with Crippen LogP contribution in [0.2, 0.25) is 0 Å². The van der Waals surface area contributed by atoms with Crippen molar-refractivity contribution in [2.45, 2.75) is 322 Å². The molecule has 0 aliphatic carbocycles. The number of unbranched alkanes of at least 4 members (excludes halogenated alkanes) is 31. The van der Waals surface area contributed by atoms with Crippen molar-refractivity contribution < 1.29 is 42.9 Å². The number of carbonyl (C=O) groups is 3. The molecule has 1 N–H and O–H groups in total. The molecule has 0 aliphatic rings. The molecule has 0 saturated carbocycles. The first-order chi connectivity index (χ1) is 44.6. The summed E-state index contributed by atoms with van der Waals surface area (Å²) < 4.78 is 23.0. The maximum Gasteiger partial charge on any atom is 0.361 e. The standard InChI is InChI=1S/C82H139NO8/c1-6-8-10-12-14-16-18-20-22-24-26-28-30-32-34-36-37-38-39-40-41-42-43-45-47-49-51-53-55-57-59-61-63-65-67-69-71-73-80(85)91-78(77-90-82(81(86)87)88-75-74-83(3,4)5)76-89-79(84)72-70-68-66-64-62-60-58-56-54-52-50-48-46-44-35-33-31-29-27-25-23-21-19-17-15-13-11-9-7-2/h8,10,14,16,19-22,25-28,32,34,37-38,40-41,43,45,49,51,78,82H,6-7,9,11-13,15,17-18,23-24,29-31,33,35-36,39,42,44,46-48,50,52-77H2,1-5H3/p+1/b10-8-,16-14-,21-19-,22-20-,27-25-,28-26-,34-32-,38-37-,41-40-,45-43-,51-49-. The van der Waals surface area contributed by atoms with E-state index in [4.69, 9.17) is 18.9 Å². The lowest BCUT2D eigenvalue weighted by molar-refractivity contribution is -0.870.